The number of likely N-dealkylation sites (tertiary alicyclic amines) is 1. The zero-order valence-electron chi connectivity index (χ0n) is 8.42. The predicted octanol–water partition coefficient (Wildman–Crippen LogP) is 1.68. The highest BCUT2D eigenvalue weighted by Gasteiger charge is 2.19. The maximum Gasteiger partial charge on any atom is 0.0223 e. The Bertz CT molecular complexity index is 122. The van der Waals surface area contributed by atoms with Crippen LogP contribution in [0.2, 0.25) is 0 Å². The molecule has 0 aliphatic carbocycles. The molecule has 0 N–H and O–H groups in total. The van der Waals surface area contributed by atoms with Gasteiger partial charge < -0.3 is 4.90 Å². The molecule has 1 saturated heterocycles. The van der Waals surface area contributed by atoms with Crippen LogP contribution in [0.5, 0.6) is 0 Å². The highest BCUT2D eigenvalue weighted by atomic mass is 32.2. The van der Waals surface area contributed by atoms with Gasteiger partial charge in [0.15, 0.2) is 0 Å². The van der Waals surface area contributed by atoms with Gasteiger partial charge in [-0.05, 0) is 40.0 Å². The van der Waals surface area contributed by atoms with Crippen molar-refractivity contribution in [1.29, 1.82) is 0 Å². The van der Waals surface area contributed by atoms with Crippen LogP contribution in [0.15, 0.2) is 0 Å². The van der Waals surface area contributed by atoms with Gasteiger partial charge in [-0.1, -0.05) is 18.9 Å². The lowest BCUT2D eigenvalue weighted by Crippen LogP contribution is -2.39. The zero-order valence-corrected chi connectivity index (χ0v) is 9.23. The predicted molar refractivity (Wildman–Crippen MR) is 56.4 cm³/mol. The Morgan fingerprint density at radius 1 is 1.42 bits per heavy atom. The second-order valence-corrected chi connectivity index (χ2v) is 4.91. The Balaban J connectivity index is 2.24. The highest BCUT2D eigenvalue weighted by molar-refractivity contribution is 7.96. The molecular formula is C9H20N2S. The van der Waals surface area contributed by atoms with Crippen molar-refractivity contribution in [1.82, 2.24) is 9.21 Å². The molecule has 0 unspecified atom stereocenters. The molecule has 1 heterocycles. The number of nitrogens with zero attached hydrogens (tertiary/aromatic N) is 2. The van der Waals surface area contributed by atoms with Crippen molar-refractivity contribution in [2.75, 3.05) is 32.9 Å². The first kappa shape index (κ1) is 10.4. The molecule has 3 heteroatoms. The maximum atomic E-state index is 2.44. The van der Waals surface area contributed by atoms with Gasteiger partial charge in [0.1, 0.15) is 0 Å². The maximum absolute atomic E-state index is 2.44. The molecule has 0 saturated carbocycles. The molecule has 2 nitrogen and oxygen atoms in total. The smallest absolute Gasteiger partial charge is 0.0223 e. The summed E-state index contributed by atoms with van der Waals surface area (Å²) in [6.45, 7) is 4.74. The van der Waals surface area contributed by atoms with E-state index in [0.29, 0.717) is 0 Å². The Kier molecular flexibility index (Phi) is 4.40. The Morgan fingerprint density at radius 2 is 2.00 bits per heavy atom. The quantitative estimate of drug-likeness (QED) is 0.622. The van der Waals surface area contributed by atoms with Crippen molar-refractivity contribution in [3.63, 3.8) is 0 Å². The van der Waals surface area contributed by atoms with Crippen LogP contribution >= 0.6 is 11.9 Å². The van der Waals surface area contributed by atoms with E-state index in [0.717, 1.165) is 6.04 Å². The molecule has 72 valence electrons. The van der Waals surface area contributed by atoms with E-state index in [1.54, 1.807) is 0 Å². The van der Waals surface area contributed by atoms with E-state index in [2.05, 4.69) is 30.2 Å². The van der Waals surface area contributed by atoms with Gasteiger partial charge in [-0.3, -0.25) is 4.31 Å². The second-order valence-electron chi connectivity index (χ2n) is 3.50. The molecule has 0 amide bonds. The average Bonchev–Trinajstić information content (AvgIpc) is 2.06. The van der Waals surface area contributed by atoms with Crippen LogP contribution in [0.25, 0.3) is 0 Å². The number of hydrogen-bond donors (Lipinski definition) is 0. The van der Waals surface area contributed by atoms with Crippen molar-refractivity contribution < 1.29 is 0 Å². The van der Waals surface area contributed by atoms with Crippen LogP contribution in [0.4, 0.5) is 0 Å². The summed E-state index contributed by atoms with van der Waals surface area (Å²) in [6.07, 6.45) is 2.67. The van der Waals surface area contributed by atoms with Gasteiger partial charge in [-0.2, -0.15) is 0 Å². The molecule has 0 atom stereocenters. The van der Waals surface area contributed by atoms with E-state index in [4.69, 9.17) is 0 Å². The molecular weight excluding hydrogens is 168 g/mol. The van der Waals surface area contributed by atoms with Crippen molar-refractivity contribution in [2.24, 2.45) is 0 Å². The van der Waals surface area contributed by atoms with Crippen molar-refractivity contribution in [3.05, 3.63) is 0 Å². The number of hydrogen-bond acceptors (Lipinski definition) is 3. The lowest BCUT2D eigenvalue weighted by atomic mass is 10.1. The SMILES string of the molecule is CCSN(C)C1CCN(C)CC1. The molecule has 0 radical (unpaired) electrons. The molecule has 1 aliphatic rings. The summed E-state index contributed by atoms with van der Waals surface area (Å²) in [5, 5.41) is 0. The molecule has 0 spiro atoms. The van der Waals surface area contributed by atoms with Gasteiger partial charge in [0, 0.05) is 11.8 Å². The summed E-state index contributed by atoms with van der Waals surface area (Å²) in [4.78, 5) is 2.42. The number of rotatable bonds is 3. The van der Waals surface area contributed by atoms with Crippen LogP contribution in [0, 0.1) is 0 Å². The minimum absolute atomic E-state index is 0.811. The fraction of sp³-hybridized carbons (Fsp3) is 1.00. The fourth-order valence-electron chi connectivity index (χ4n) is 1.67. The van der Waals surface area contributed by atoms with E-state index < -0.39 is 0 Å². The Hall–Kier alpha value is 0.270. The third-order valence-corrected chi connectivity index (χ3v) is 3.50. The molecule has 0 aromatic rings. The van der Waals surface area contributed by atoms with Gasteiger partial charge in [0.25, 0.3) is 0 Å². The Labute approximate surface area is 80.4 Å². The van der Waals surface area contributed by atoms with Crippen LogP contribution in [0.3, 0.4) is 0 Å². The molecule has 1 fully saturated rings. The molecule has 0 aromatic carbocycles. The van der Waals surface area contributed by atoms with Crippen LogP contribution in [-0.2, 0) is 0 Å². The number of piperidine rings is 1. The van der Waals surface area contributed by atoms with Gasteiger partial charge in [-0.15, -0.1) is 0 Å². The van der Waals surface area contributed by atoms with Crippen molar-refractivity contribution in [3.8, 4) is 0 Å². The van der Waals surface area contributed by atoms with Gasteiger partial charge in [0.05, 0.1) is 0 Å². The van der Waals surface area contributed by atoms with E-state index in [9.17, 15) is 0 Å². The topological polar surface area (TPSA) is 6.48 Å². The summed E-state index contributed by atoms with van der Waals surface area (Å²) >= 11 is 1.95. The zero-order chi connectivity index (χ0) is 8.97. The summed E-state index contributed by atoms with van der Waals surface area (Å²) < 4.78 is 2.44. The molecule has 0 aromatic heterocycles. The molecule has 1 rings (SSSR count). The highest BCUT2D eigenvalue weighted by Crippen LogP contribution is 2.19. The fourth-order valence-corrected chi connectivity index (χ4v) is 2.50. The monoisotopic (exact) mass is 188 g/mol. The first-order chi connectivity index (χ1) is 5.74. The minimum atomic E-state index is 0.811. The summed E-state index contributed by atoms with van der Waals surface area (Å²) in [6, 6.07) is 0.811. The normalized spacial score (nSPS) is 22.0. The van der Waals surface area contributed by atoms with E-state index in [1.807, 2.05) is 11.9 Å². The van der Waals surface area contributed by atoms with E-state index in [1.165, 1.54) is 31.7 Å². The lowest BCUT2D eigenvalue weighted by molar-refractivity contribution is 0.205. The third-order valence-electron chi connectivity index (χ3n) is 2.54. The molecule has 1 aliphatic heterocycles. The first-order valence-electron chi connectivity index (χ1n) is 4.78. The average molecular weight is 188 g/mol. The summed E-state index contributed by atoms with van der Waals surface area (Å²) in [5.41, 5.74) is 0. The van der Waals surface area contributed by atoms with Gasteiger partial charge in [0.2, 0.25) is 0 Å². The van der Waals surface area contributed by atoms with Crippen LogP contribution in [-0.4, -0.2) is 48.2 Å². The van der Waals surface area contributed by atoms with Crippen molar-refractivity contribution in [2.45, 2.75) is 25.8 Å². The first-order valence-corrected chi connectivity index (χ1v) is 5.72. The molecule has 12 heavy (non-hydrogen) atoms. The van der Waals surface area contributed by atoms with Gasteiger partial charge >= 0.3 is 0 Å². The van der Waals surface area contributed by atoms with E-state index in [-0.39, 0.29) is 0 Å². The van der Waals surface area contributed by atoms with Crippen LogP contribution < -0.4 is 0 Å². The standard InChI is InChI=1S/C9H20N2S/c1-4-12-11(3)9-5-7-10(2)8-6-9/h9H,4-8H2,1-3H3. The summed E-state index contributed by atoms with van der Waals surface area (Å²) in [5.74, 6) is 1.20. The molecule has 0 bridgehead atoms. The van der Waals surface area contributed by atoms with Gasteiger partial charge in [-0.25, -0.2) is 0 Å². The van der Waals surface area contributed by atoms with Crippen LogP contribution in [0.1, 0.15) is 19.8 Å². The summed E-state index contributed by atoms with van der Waals surface area (Å²) in [7, 11) is 4.44. The minimum Gasteiger partial charge on any atom is -0.306 e. The van der Waals surface area contributed by atoms with E-state index >= 15 is 0 Å². The largest absolute Gasteiger partial charge is 0.306 e. The second kappa shape index (κ2) is 5.10. The lowest BCUT2D eigenvalue weighted by Gasteiger charge is -2.34. The van der Waals surface area contributed by atoms with Crippen molar-refractivity contribution >= 4 is 11.9 Å². The third kappa shape index (κ3) is 2.96. The Morgan fingerprint density at radius 3 is 2.50 bits per heavy atom.